The Balaban J connectivity index is 0.00000261. The van der Waals surface area contributed by atoms with Gasteiger partial charge in [0.25, 0.3) is 0 Å². The van der Waals surface area contributed by atoms with Gasteiger partial charge in [0.15, 0.2) is 5.96 Å². The van der Waals surface area contributed by atoms with Gasteiger partial charge in [-0.15, -0.1) is 35.7 Å². The summed E-state index contributed by atoms with van der Waals surface area (Å²) in [6.07, 6.45) is 2.90. The number of nitrogens with zero attached hydrogens (tertiary/aromatic N) is 2. The van der Waals surface area contributed by atoms with Crippen molar-refractivity contribution in [3.8, 4) is 0 Å². The van der Waals surface area contributed by atoms with Crippen LogP contribution < -0.4 is 10.6 Å². The lowest BCUT2D eigenvalue weighted by Crippen LogP contribution is -2.51. The number of amides is 1. The van der Waals surface area contributed by atoms with Crippen molar-refractivity contribution in [2.24, 2.45) is 10.4 Å². The Kier molecular flexibility index (Phi) is 8.72. The normalized spacial score (nSPS) is 23.7. The van der Waals surface area contributed by atoms with Crippen molar-refractivity contribution < 1.29 is 4.79 Å². The Bertz CT molecular complexity index is 642. The summed E-state index contributed by atoms with van der Waals surface area (Å²) in [4.78, 5) is 20.3. The van der Waals surface area contributed by atoms with Gasteiger partial charge in [-0.05, 0) is 31.9 Å². The van der Waals surface area contributed by atoms with E-state index in [0.717, 1.165) is 51.5 Å². The summed E-state index contributed by atoms with van der Waals surface area (Å²) < 4.78 is 0. The molecule has 2 N–H and O–H groups in total. The highest BCUT2D eigenvalue weighted by Crippen LogP contribution is 2.36. The van der Waals surface area contributed by atoms with Gasteiger partial charge < -0.3 is 15.5 Å². The van der Waals surface area contributed by atoms with Crippen molar-refractivity contribution in [2.45, 2.75) is 43.3 Å². The van der Waals surface area contributed by atoms with Gasteiger partial charge in [-0.3, -0.25) is 9.79 Å². The maximum absolute atomic E-state index is 11.7. The molecule has 2 atom stereocenters. The van der Waals surface area contributed by atoms with Crippen LogP contribution in [0.25, 0.3) is 0 Å². The van der Waals surface area contributed by atoms with Crippen molar-refractivity contribution in [3.05, 3.63) is 30.3 Å². The zero-order chi connectivity index (χ0) is 18.4. The van der Waals surface area contributed by atoms with Gasteiger partial charge in [0.2, 0.25) is 5.91 Å². The molecule has 2 aliphatic heterocycles. The van der Waals surface area contributed by atoms with Crippen molar-refractivity contribution in [3.63, 3.8) is 0 Å². The van der Waals surface area contributed by atoms with E-state index in [4.69, 9.17) is 4.99 Å². The number of rotatable bonds is 5. The summed E-state index contributed by atoms with van der Waals surface area (Å²) in [6, 6.07) is 10.5. The van der Waals surface area contributed by atoms with Crippen LogP contribution in [-0.4, -0.2) is 54.7 Å². The molecule has 1 amide bonds. The Morgan fingerprint density at radius 2 is 2.19 bits per heavy atom. The van der Waals surface area contributed by atoms with Gasteiger partial charge in [0.1, 0.15) is 0 Å². The molecule has 1 aromatic carbocycles. The van der Waals surface area contributed by atoms with E-state index in [9.17, 15) is 4.79 Å². The van der Waals surface area contributed by atoms with E-state index in [1.165, 1.54) is 4.90 Å². The van der Waals surface area contributed by atoms with Crippen molar-refractivity contribution in [1.82, 2.24) is 15.5 Å². The lowest BCUT2D eigenvalue weighted by Gasteiger charge is -2.40. The van der Waals surface area contributed by atoms with E-state index in [1.807, 2.05) is 17.8 Å². The molecule has 3 rings (SSSR count). The highest BCUT2D eigenvalue weighted by atomic mass is 127. The van der Waals surface area contributed by atoms with Gasteiger partial charge in [0.05, 0.1) is 6.54 Å². The molecular formula is C20H31IN4OS. The third-order valence-corrected chi connectivity index (χ3v) is 6.17. The molecule has 2 aliphatic rings. The van der Waals surface area contributed by atoms with E-state index in [1.54, 1.807) is 0 Å². The number of carbonyl (C=O) groups is 1. The zero-order valence-electron chi connectivity index (χ0n) is 16.2. The highest BCUT2D eigenvalue weighted by molar-refractivity contribution is 14.0. The van der Waals surface area contributed by atoms with E-state index >= 15 is 0 Å². The minimum absolute atomic E-state index is 0. The second-order valence-corrected chi connectivity index (χ2v) is 8.93. The van der Waals surface area contributed by atoms with Crippen molar-refractivity contribution in [1.29, 1.82) is 0 Å². The first-order valence-corrected chi connectivity index (χ1v) is 10.5. The number of halogens is 1. The summed E-state index contributed by atoms with van der Waals surface area (Å²) in [5, 5.41) is 6.89. The van der Waals surface area contributed by atoms with Crippen LogP contribution in [0.3, 0.4) is 0 Å². The Morgan fingerprint density at radius 3 is 2.85 bits per heavy atom. The maximum atomic E-state index is 11.7. The quantitative estimate of drug-likeness (QED) is 0.281. The van der Waals surface area contributed by atoms with Crippen LogP contribution in [0.1, 0.15) is 33.1 Å². The number of guanidine groups is 1. The highest BCUT2D eigenvalue weighted by Gasteiger charge is 2.42. The monoisotopic (exact) mass is 502 g/mol. The SMILES string of the molecule is CCNC(=NCC(C)Sc1ccccc1)N1CCCC2(CNC(=O)C2)C1.I. The number of benzene rings is 1. The van der Waals surface area contributed by atoms with Crippen LogP contribution in [0.5, 0.6) is 0 Å². The van der Waals surface area contributed by atoms with Crippen molar-refractivity contribution in [2.75, 3.05) is 32.7 Å². The van der Waals surface area contributed by atoms with E-state index < -0.39 is 0 Å². The lowest BCUT2D eigenvalue weighted by atomic mass is 9.79. The number of carbonyl (C=O) groups excluding carboxylic acids is 1. The number of nitrogens with one attached hydrogen (secondary N) is 2. The number of piperidine rings is 1. The standard InChI is InChI=1S/C20H30N4OS.HI/c1-3-21-19(22-13-16(2)26-17-8-5-4-6-9-17)24-11-7-10-20(15-24)12-18(25)23-14-20;/h4-6,8-9,16H,3,7,10-15H2,1-2H3,(H,21,22)(H,23,25);1H. The summed E-state index contributed by atoms with van der Waals surface area (Å²) in [5.74, 6) is 1.19. The lowest BCUT2D eigenvalue weighted by molar-refractivity contribution is -0.119. The molecular weight excluding hydrogens is 471 g/mol. The van der Waals surface area contributed by atoms with Gasteiger partial charge >= 0.3 is 0 Å². The summed E-state index contributed by atoms with van der Waals surface area (Å²) >= 11 is 1.86. The van der Waals surface area contributed by atoms with Gasteiger partial charge in [-0.25, -0.2) is 0 Å². The van der Waals surface area contributed by atoms with E-state index in [0.29, 0.717) is 11.7 Å². The summed E-state index contributed by atoms with van der Waals surface area (Å²) in [5.41, 5.74) is 0.0932. The van der Waals surface area contributed by atoms with Gasteiger partial charge in [0, 0.05) is 48.2 Å². The Morgan fingerprint density at radius 1 is 1.41 bits per heavy atom. The number of hydrogen-bond donors (Lipinski definition) is 2. The fraction of sp³-hybridized carbons (Fsp3) is 0.600. The molecule has 2 saturated heterocycles. The van der Waals surface area contributed by atoms with Crippen LogP contribution in [-0.2, 0) is 4.79 Å². The molecule has 2 heterocycles. The van der Waals surface area contributed by atoms with Gasteiger partial charge in [-0.2, -0.15) is 0 Å². The predicted molar refractivity (Wildman–Crippen MR) is 124 cm³/mol. The summed E-state index contributed by atoms with van der Waals surface area (Å²) in [6.45, 7) is 8.71. The molecule has 0 aliphatic carbocycles. The minimum atomic E-state index is 0. The molecule has 7 heteroatoms. The number of thioether (sulfide) groups is 1. The van der Waals surface area contributed by atoms with Crippen LogP contribution in [0.2, 0.25) is 0 Å². The summed E-state index contributed by atoms with van der Waals surface area (Å²) in [7, 11) is 0. The van der Waals surface area contributed by atoms with E-state index in [2.05, 4.69) is 53.6 Å². The number of aliphatic imine (C=N–C) groups is 1. The largest absolute Gasteiger partial charge is 0.357 e. The molecule has 2 unspecified atom stereocenters. The first-order valence-electron chi connectivity index (χ1n) is 9.62. The average Bonchev–Trinajstić information content (AvgIpc) is 2.99. The Labute approximate surface area is 184 Å². The molecule has 1 spiro atoms. The zero-order valence-corrected chi connectivity index (χ0v) is 19.4. The molecule has 0 aromatic heterocycles. The molecule has 0 bridgehead atoms. The molecule has 1 aromatic rings. The molecule has 150 valence electrons. The van der Waals surface area contributed by atoms with E-state index in [-0.39, 0.29) is 35.3 Å². The number of likely N-dealkylation sites (tertiary alicyclic amines) is 1. The molecule has 0 saturated carbocycles. The average molecular weight is 502 g/mol. The van der Waals surface area contributed by atoms with Crippen LogP contribution in [0.15, 0.2) is 40.2 Å². The fourth-order valence-corrected chi connectivity index (χ4v) is 4.77. The third kappa shape index (κ3) is 6.27. The maximum Gasteiger partial charge on any atom is 0.220 e. The molecule has 0 radical (unpaired) electrons. The Hall–Kier alpha value is -0.960. The second-order valence-electron chi connectivity index (χ2n) is 7.41. The van der Waals surface area contributed by atoms with Crippen molar-refractivity contribution >= 4 is 47.6 Å². The molecule has 27 heavy (non-hydrogen) atoms. The molecule has 2 fully saturated rings. The second kappa shape index (κ2) is 10.5. The minimum Gasteiger partial charge on any atom is -0.357 e. The van der Waals surface area contributed by atoms with Gasteiger partial charge in [-0.1, -0.05) is 25.1 Å². The van der Waals surface area contributed by atoms with Crippen LogP contribution in [0, 0.1) is 5.41 Å². The third-order valence-electron chi connectivity index (χ3n) is 5.07. The first kappa shape index (κ1) is 22.3. The molecule has 5 nitrogen and oxygen atoms in total. The topological polar surface area (TPSA) is 56.7 Å². The fourth-order valence-electron chi connectivity index (χ4n) is 3.84. The smallest absolute Gasteiger partial charge is 0.220 e. The van der Waals surface area contributed by atoms with Crippen LogP contribution in [0.4, 0.5) is 0 Å². The number of hydrogen-bond acceptors (Lipinski definition) is 3. The van der Waals surface area contributed by atoms with Crippen LogP contribution >= 0.6 is 35.7 Å². The predicted octanol–water partition coefficient (Wildman–Crippen LogP) is 3.35. The first-order chi connectivity index (χ1) is 12.6.